The number of benzene rings is 1. The van der Waals surface area contributed by atoms with Crippen molar-refractivity contribution in [2.45, 2.75) is 32.7 Å². The first-order valence-corrected chi connectivity index (χ1v) is 8.63. The maximum absolute atomic E-state index is 12.2. The molecule has 126 valence electrons. The van der Waals surface area contributed by atoms with Crippen molar-refractivity contribution in [2.75, 3.05) is 18.0 Å². The van der Waals surface area contributed by atoms with Gasteiger partial charge in [-0.1, -0.05) is 11.6 Å². The highest BCUT2D eigenvalue weighted by molar-refractivity contribution is 6.30. The zero-order valence-electron chi connectivity index (χ0n) is 13.8. The Balaban J connectivity index is 1.67. The molecule has 1 aliphatic heterocycles. The molecule has 0 spiro atoms. The molecule has 0 radical (unpaired) electrons. The number of nitrogens with zero attached hydrogens (tertiary/aromatic N) is 3. The van der Waals surface area contributed by atoms with Gasteiger partial charge in [0.05, 0.1) is 6.54 Å². The summed E-state index contributed by atoms with van der Waals surface area (Å²) in [6.45, 7) is 4.34. The van der Waals surface area contributed by atoms with Crippen LogP contribution in [0.3, 0.4) is 0 Å². The average Bonchev–Trinajstić information content (AvgIpc) is 2.60. The molecule has 3 rings (SSSR count). The standard InChI is InChI=1S/C18H21ClN4O/c1-13-11-17(23-9-3-2-4-10-23)22-16(21-13)12-20-18(24)14-5-7-15(19)8-6-14/h5-8,11H,2-4,9-10,12H2,1H3,(H,20,24). The summed E-state index contributed by atoms with van der Waals surface area (Å²) in [6.07, 6.45) is 3.68. The fourth-order valence-electron chi connectivity index (χ4n) is 2.84. The first kappa shape index (κ1) is 16.7. The maximum Gasteiger partial charge on any atom is 0.251 e. The Morgan fingerprint density at radius 2 is 1.88 bits per heavy atom. The van der Waals surface area contributed by atoms with Crippen molar-refractivity contribution < 1.29 is 4.79 Å². The summed E-state index contributed by atoms with van der Waals surface area (Å²) in [6, 6.07) is 8.82. The van der Waals surface area contributed by atoms with Gasteiger partial charge in [0.2, 0.25) is 0 Å². The molecule has 0 unspecified atom stereocenters. The average molecular weight is 345 g/mol. The molecule has 1 saturated heterocycles. The summed E-state index contributed by atoms with van der Waals surface area (Å²) in [5, 5.41) is 3.48. The van der Waals surface area contributed by atoms with Crippen LogP contribution in [-0.4, -0.2) is 29.0 Å². The molecular formula is C18H21ClN4O. The van der Waals surface area contributed by atoms with E-state index < -0.39 is 0 Å². The SMILES string of the molecule is Cc1cc(N2CCCCC2)nc(CNC(=O)c2ccc(Cl)cc2)n1. The highest BCUT2D eigenvalue weighted by atomic mass is 35.5. The lowest BCUT2D eigenvalue weighted by Crippen LogP contribution is -2.31. The van der Waals surface area contributed by atoms with Gasteiger partial charge in [-0.05, 0) is 50.5 Å². The molecule has 1 fully saturated rings. The number of piperidine rings is 1. The second-order valence-electron chi connectivity index (χ2n) is 6.02. The molecule has 0 saturated carbocycles. The number of rotatable bonds is 4. The lowest BCUT2D eigenvalue weighted by molar-refractivity contribution is 0.0950. The summed E-state index contributed by atoms with van der Waals surface area (Å²) in [5.41, 5.74) is 1.49. The van der Waals surface area contributed by atoms with Gasteiger partial charge in [-0.3, -0.25) is 4.79 Å². The van der Waals surface area contributed by atoms with Gasteiger partial charge in [0, 0.05) is 35.4 Å². The largest absolute Gasteiger partial charge is 0.357 e. The maximum atomic E-state index is 12.2. The molecular weight excluding hydrogens is 324 g/mol. The molecule has 2 heterocycles. The molecule has 0 bridgehead atoms. The molecule has 1 aromatic carbocycles. The lowest BCUT2D eigenvalue weighted by Gasteiger charge is -2.28. The normalized spacial score (nSPS) is 14.5. The zero-order chi connectivity index (χ0) is 16.9. The first-order chi connectivity index (χ1) is 11.6. The minimum absolute atomic E-state index is 0.156. The van der Waals surface area contributed by atoms with Crippen LogP contribution in [0.1, 0.15) is 41.1 Å². The van der Waals surface area contributed by atoms with Crippen LogP contribution in [-0.2, 0) is 6.54 Å². The van der Waals surface area contributed by atoms with E-state index in [4.69, 9.17) is 11.6 Å². The molecule has 0 aliphatic carbocycles. The van der Waals surface area contributed by atoms with Crippen LogP contribution in [0.15, 0.2) is 30.3 Å². The van der Waals surface area contributed by atoms with Crippen LogP contribution in [0.2, 0.25) is 5.02 Å². The Morgan fingerprint density at radius 1 is 1.17 bits per heavy atom. The topological polar surface area (TPSA) is 58.1 Å². The number of hydrogen-bond acceptors (Lipinski definition) is 4. The van der Waals surface area contributed by atoms with Crippen LogP contribution >= 0.6 is 11.6 Å². The third kappa shape index (κ3) is 4.23. The Labute approximate surface area is 147 Å². The Bertz CT molecular complexity index is 711. The smallest absolute Gasteiger partial charge is 0.251 e. The molecule has 5 nitrogen and oxygen atoms in total. The predicted molar refractivity (Wildman–Crippen MR) is 95.5 cm³/mol. The van der Waals surface area contributed by atoms with Gasteiger partial charge in [-0.2, -0.15) is 0 Å². The fraction of sp³-hybridized carbons (Fsp3) is 0.389. The second-order valence-corrected chi connectivity index (χ2v) is 6.46. The van der Waals surface area contributed by atoms with E-state index in [0.29, 0.717) is 23.0 Å². The number of aromatic nitrogens is 2. The van der Waals surface area contributed by atoms with Crippen molar-refractivity contribution in [2.24, 2.45) is 0 Å². The number of hydrogen-bond donors (Lipinski definition) is 1. The molecule has 1 aromatic heterocycles. The van der Waals surface area contributed by atoms with Gasteiger partial charge >= 0.3 is 0 Å². The van der Waals surface area contributed by atoms with E-state index in [0.717, 1.165) is 24.6 Å². The molecule has 6 heteroatoms. The highest BCUT2D eigenvalue weighted by Gasteiger charge is 2.14. The van der Waals surface area contributed by atoms with Crippen molar-refractivity contribution in [1.82, 2.24) is 15.3 Å². The Hall–Kier alpha value is -2.14. The number of carbonyl (C=O) groups is 1. The quantitative estimate of drug-likeness (QED) is 0.924. The van der Waals surface area contributed by atoms with Gasteiger partial charge in [0.15, 0.2) is 0 Å². The van der Waals surface area contributed by atoms with Crippen molar-refractivity contribution in [3.05, 3.63) is 52.4 Å². The van der Waals surface area contributed by atoms with Crippen LogP contribution < -0.4 is 10.2 Å². The molecule has 24 heavy (non-hydrogen) atoms. The molecule has 1 N–H and O–H groups in total. The summed E-state index contributed by atoms with van der Waals surface area (Å²) in [7, 11) is 0. The van der Waals surface area contributed by atoms with Crippen LogP contribution in [0.4, 0.5) is 5.82 Å². The van der Waals surface area contributed by atoms with Crippen molar-refractivity contribution in [3.63, 3.8) is 0 Å². The van der Waals surface area contributed by atoms with E-state index in [9.17, 15) is 4.79 Å². The zero-order valence-corrected chi connectivity index (χ0v) is 14.5. The van der Waals surface area contributed by atoms with Crippen molar-refractivity contribution in [1.29, 1.82) is 0 Å². The molecule has 1 amide bonds. The van der Waals surface area contributed by atoms with E-state index >= 15 is 0 Å². The summed E-state index contributed by atoms with van der Waals surface area (Å²) in [4.78, 5) is 23.5. The number of anilines is 1. The Kier molecular flexibility index (Phi) is 5.30. The predicted octanol–water partition coefficient (Wildman–Crippen LogP) is 3.36. The fourth-order valence-corrected chi connectivity index (χ4v) is 2.96. The highest BCUT2D eigenvalue weighted by Crippen LogP contribution is 2.18. The monoisotopic (exact) mass is 344 g/mol. The molecule has 0 atom stereocenters. The van der Waals surface area contributed by atoms with Crippen LogP contribution in [0.5, 0.6) is 0 Å². The van der Waals surface area contributed by atoms with E-state index in [2.05, 4.69) is 20.2 Å². The van der Waals surface area contributed by atoms with E-state index in [1.807, 2.05) is 13.0 Å². The number of carbonyl (C=O) groups excluding carboxylic acids is 1. The Morgan fingerprint density at radius 3 is 2.58 bits per heavy atom. The van der Waals surface area contributed by atoms with Gasteiger partial charge in [0.25, 0.3) is 5.91 Å². The van der Waals surface area contributed by atoms with E-state index in [1.165, 1.54) is 19.3 Å². The van der Waals surface area contributed by atoms with Gasteiger partial charge in [-0.15, -0.1) is 0 Å². The van der Waals surface area contributed by atoms with Crippen molar-refractivity contribution in [3.8, 4) is 0 Å². The van der Waals surface area contributed by atoms with Crippen LogP contribution in [0.25, 0.3) is 0 Å². The summed E-state index contributed by atoms with van der Waals surface area (Å²) in [5.74, 6) is 1.44. The van der Waals surface area contributed by atoms with Gasteiger partial charge in [0.1, 0.15) is 11.6 Å². The van der Waals surface area contributed by atoms with Crippen molar-refractivity contribution >= 4 is 23.3 Å². The third-order valence-corrected chi connectivity index (χ3v) is 4.33. The first-order valence-electron chi connectivity index (χ1n) is 8.25. The van der Waals surface area contributed by atoms with Crippen LogP contribution in [0, 0.1) is 6.92 Å². The second kappa shape index (κ2) is 7.62. The lowest BCUT2D eigenvalue weighted by atomic mass is 10.1. The number of amides is 1. The summed E-state index contributed by atoms with van der Waals surface area (Å²) < 4.78 is 0. The minimum atomic E-state index is -0.156. The van der Waals surface area contributed by atoms with E-state index in [-0.39, 0.29) is 5.91 Å². The number of halogens is 1. The summed E-state index contributed by atoms with van der Waals surface area (Å²) >= 11 is 5.84. The minimum Gasteiger partial charge on any atom is -0.357 e. The van der Waals surface area contributed by atoms with Gasteiger partial charge < -0.3 is 10.2 Å². The molecule has 2 aromatic rings. The van der Waals surface area contributed by atoms with Gasteiger partial charge in [-0.25, -0.2) is 9.97 Å². The number of nitrogens with one attached hydrogen (secondary N) is 1. The van der Waals surface area contributed by atoms with E-state index in [1.54, 1.807) is 24.3 Å². The molecule has 1 aliphatic rings. The third-order valence-electron chi connectivity index (χ3n) is 4.08. The number of aryl methyl sites for hydroxylation is 1.